The van der Waals surface area contributed by atoms with Crippen LogP contribution >= 0.6 is 11.3 Å². The molecule has 1 aliphatic heterocycles. The Labute approximate surface area is 144 Å². The van der Waals surface area contributed by atoms with Crippen molar-refractivity contribution in [1.82, 2.24) is 20.6 Å². The fourth-order valence-corrected chi connectivity index (χ4v) is 4.35. The van der Waals surface area contributed by atoms with E-state index in [1.807, 2.05) is 13.8 Å². The van der Waals surface area contributed by atoms with Crippen molar-refractivity contribution in [2.24, 2.45) is 0 Å². The number of carbonyl (C=O) groups is 2. The molecule has 0 unspecified atom stereocenters. The normalized spacial score (nSPS) is 20.9. The molecule has 1 saturated heterocycles. The maximum Gasteiger partial charge on any atom is 0.262 e. The molecule has 2 fully saturated rings. The summed E-state index contributed by atoms with van der Waals surface area (Å²) in [5.41, 5.74) is 1.91. The van der Waals surface area contributed by atoms with Crippen LogP contribution in [0.3, 0.4) is 0 Å². The highest BCUT2D eigenvalue weighted by Crippen LogP contribution is 2.40. The first kappa shape index (κ1) is 15.5. The minimum absolute atomic E-state index is 0.00554. The van der Waals surface area contributed by atoms with Gasteiger partial charge in [0.05, 0.1) is 10.6 Å². The van der Waals surface area contributed by atoms with Gasteiger partial charge in [0.15, 0.2) is 0 Å². The predicted molar refractivity (Wildman–Crippen MR) is 92.4 cm³/mol. The molecule has 0 radical (unpaired) electrons. The second kappa shape index (κ2) is 5.81. The number of aryl methyl sites for hydroxylation is 2. The first-order valence-corrected chi connectivity index (χ1v) is 9.19. The van der Waals surface area contributed by atoms with Crippen molar-refractivity contribution >= 4 is 33.4 Å². The van der Waals surface area contributed by atoms with Gasteiger partial charge >= 0.3 is 0 Å². The van der Waals surface area contributed by atoms with Crippen LogP contribution in [0, 0.1) is 13.8 Å². The fraction of sp³-hybridized carbons (Fsp3) is 0.529. The highest BCUT2D eigenvalue weighted by atomic mass is 32.1. The molecule has 7 heteroatoms. The van der Waals surface area contributed by atoms with E-state index in [0.717, 1.165) is 40.1 Å². The highest BCUT2D eigenvalue weighted by molar-refractivity contribution is 7.20. The average molecular weight is 344 g/mol. The van der Waals surface area contributed by atoms with E-state index in [4.69, 9.17) is 0 Å². The summed E-state index contributed by atoms with van der Waals surface area (Å²) < 4.78 is 0. The number of nitrogens with zero attached hydrogens (tertiary/aromatic N) is 2. The van der Waals surface area contributed by atoms with E-state index >= 15 is 0 Å². The summed E-state index contributed by atoms with van der Waals surface area (Å²) in [5.74, 6) is 1.39. The van der Waals surface area contributed by atoms with E-state index in [1.54, 1.807) is 0 Å². The lowest BCUT2D eigenvalue weighted by Crippen LogP contribution is -2.47. The second-order valence-electron chi connectivity index (χ2n) is 6.69. The number of amides is 2. The van der Waals surface area contributed by atoms with Crippen LogP contribution in [0.1, 0.15) is 58.4 Å². The van der Waals surface area contributed by atoms with Gasteiger partial charge in [-0.2, -0.15) is 0 Å². The molecule has 4 rings (SSSR count). The lowest BCUT2D eigenvalue weighted by molar-refractivity contribution is -0.122. The molecular formula is C17H20N4O2S. The minimum Gasteiger partial charge on any atom is -0.354 e. The van der Waals surface area contributed by atoms with Crippen LogP contribution in [0.4, 0.5) is 0 Å². The van der Waals surface area contributed by atoms with Crippen LogP contribution in [0.15, 0.2) is 0 Å². The summed E-state index contributed by atoms with van der Waals surface area (Å²) in [4.78, 5) is 34.8. The van der Waals surface area contributed by atoms with Crippen molar-refractivity contribution in [1.29, 1.82) is 0 Å². The van der Waals surface area contributed by atoms with E-state index in [0.29, 0.717) is 30.2 Å². The maximum atomic E-state index is 12.7. The predicted octanol–water partition coefficient (Wildman–Crippen LogP) is 2.19. The van der Waals surface area contributed by atoms with Gasteiger partial charge in [-0.25, -0.2) is 9.97 Å². The zero-order valence-corrected chi connectivity index (χ0v) is 14.6. The molecule has 2 aliphatic rings. The lowest BCUT2D eigenvalue weighted by atomic mass is 10.1. The Morgan fingerprint density at radius 2 is 2.04 bits per heavy atom. The largest absolute Gasteiger partial charge is 0.354 e. The van der Waals surface area contributed by atoms with Crippen LogP contribution in [-0.2, 0) is 4.79 Å². The highest BCUT2D eigenvalue weighted by Gasteiger charge is 2.29. The molecule has 2 N–H and O–H groups in total. The van der Waals surface area contributed by atoms with Crippen molar-refractivity contribution < 1.29 is 9.59 Å². The van der Waals surface area contributed by atoms with Gasteiger partial charge in [-0.1, -0.05) is 0 Å². The van der Waals surface area contributed by atoms with Crippen LogP contribution in [-0.4, -0.2) is 34.4 Å². The Morgan fingerprint density at radius 3 is 2.71 bits per heavy atom. The molecular weight excluding hydrogens is 324 g/mol. The molecule has 0 spiro atoms. The number of nitrogens with one attached hydrogen (secondary N) is 2. The number of rotatable bonds is 3. The smallest absolute Gasteiger partial charge is 0.262 e. The van der Waals surface area contributed by atoms with Gasteiger partial charge in [0.25, 0.3) is 5.91 Å². The molecule has 24 heavy (non-hydrogen) atoms. The number of thiophene rings is 1. The van der Waals surface area contributed by atoms with Gasteiger partial charge in [0, 0.05) is 30.3 Å². The minimum atomic E-state index is -0.0796. The van der Waals surface area contributed by atoms with E-state index < -0.39 is 0 Å². The molecule has 2 aromatic heterocycles. The number of hydrogen-bond acceptors (Lipinski definition) is 5. The molecule has 3 heterocycles. The van der Waals surface area contributed by atoms with E-state index in [1.165, 1.54) is 11.3 Å². The molecule has 2 aromatic rings. The topological polar surface area (TPSA) is 84.0 Å². The quantitative estimate of drug-likeness (QED) is 0.894. The second-order valence-corrected chi connectivity index (χ2v) is 7.69. The van der Waals surface area contributed by atoms with Crippen LogP contribution < -0.4 is 10.6 Å². The summed E-state index contributed by atoms with van der Waals surface area (Å²) in [6.45, 7) is 4.46. The maximum absolute atomic E-state index is 12.7. The summed E-state index contributed by atoms with van der Waals surface area (Å²) in [7, 11) is 0. The van der Waals surface area contributed by atoms with Gasteiger partial charge in [0.2, 0.25) is 5.91 Å². The van der Waals surface area contributed by atoms with Gasteiger partial charge in [-0.15, -0.1) is 11.3 Å². The number of fused-ring (bicyclic) bond motifs is 1. The third-order valence-corrected chi connectivity index (χ3v) is 5.92. The van der Waals surface area contributed by atoms with E-state index in [9.17, 15) is 9.59 Å². The average Bonchev–Trinajstić information content (AvgIpc) is 3.34. The lowest BCUT2D eigenvalue weighted by Gasteiger charge is -2.23. The first-order chi connectivity index (χ1) is 11.5. The van der Waals surface area contributed by atoms with Crippen molar-refractivity contribution in [3.8, 4) is 0 Å². The standard InChI is InChI=1S/C17H20N4O2S/c1-8-13-9(2)19-15(10-3-4-10)21-17(13)24-14(8)16(23)20-11-5-6-12(22)18-7-11/h10-11H,3-7H2,1-2H3,(H,18,22)(H,20,23)/t11-/m0/s1. The zero-order valence-electron chi connectivity index (χ0n) is 13.8. The Bertz CT molecular complexity index is 831. The van der Waals surface area contributed by atoms with E-state index in [-0.39, 0.29) is 17.9 Å². The summed E-state index contributed by atoms with van der Waals surface area (Å²) >= 11 is 1.44. The van der Waals surface area contributed by atoms with Gasteiger partial charge < -0.3 is 10.6 Å². The monoisotopic (exact) mass is 344 g/mol. The van der Waals surface area contributed by atoms with Gasteiger partial charge in [-0.3, -0.25) is 9.59 Å². The fourth-order valence-electron chi connectivity index (χ4n) is 3.21. The molecule has 6 nitrogen and oxygen atoms in total. The summed E-state index contributed by atoms with van der Waals surface area (Å²) in [5, 5.41) is 6.83. The number of hydrogen-bond donors (Lipinski definition) is 2. The molecule has 1 saturated carbocycles. The zero-order chi connectivity index (χ0) is 16.8. The number of carbonyl (C=O) groups excluding carboxylic acids is 2. The van der Waals surface area contributed by atoms with Crippen LogP contribution in [0.2, 0.25) is 0 Å². The van der Waals surface area contributed by atoms with Crippen molar-refractivity contribution in [3.63, 3.8) is 0 Å². The molecule has 1 aliphatic carbocycles. The Kier molecular flexibility index (Phi) is 3.75. The Morgan fingerprint density at radius 1 is 1.25 bits per heavy atom. The first-order valence-electron chi connectivity index (χ1n) is 8.38. The molecule has 2 amide bonds. The summed E-state index contributed by atoms with van der Waals surface area (Å²) in [6, 6.07) is -0.00554. The van der Waals surface area contributed by atoms with Crippen LogP contribution in [0.5, 0.6) is 0 Å². The van der Waals surface area contributed by atoms with Gasteiger partial charge in [0.1, 0.15) is 10.7 Å². The Hall–Kier alpha value is -2.02. The number of piperidine rings is 1. The van der Waals surface area contributed by atoms with Gasteiger partial charge in [-0.05, 0) is 38.7 Å². The third kappa shape index (κ3) is 2.77. The van der Waals surface area contributed by atoms with Crippen molar-refractivity contribution in [2.45, 2.75) is 51.5 Å². The summed E-state index contributed by atoms with van der Waals surface area (Å²) in [6.07, 6.45) is 3.48. The van der Waals surface area contributed by atoms with Crippen molar-refractivity contribution in [3.05, 3.63) is 22.0 Å². The van der Waals surface area contributed by atoms with Crippen molar-refractivity contribution in [2.75, 3.05) is 6.54 Å². The SMILES string of the molecule is Cc1nc(C2CC2)nc2sc(C(=O)N[C@H]3CCC(=O)NC3)c(C)c12. The molecule has 126 valence electrons. The molecule has 0 aromatic carbocycles. The Balaban J connectivity index is 1.61. The molecule has 1 atom stereocenters. The third-order valence-electron chi connectivity index (χ3n) is 4.74. The van der Waals surface area contributed by atoms with Crippen LogP contribution in [0.25, 0.3) is 10.2 Å². The molecule has 0 bridgehead atoms. The van der Waals surface area contributed by atoms with E-state index in [2.05, 4.69) is 20.6 Å². The number of aromatic nitrogens is 2.